The maximum atomic E-state index is 8.36. The molecular weight excluding hydrogens is 288 g/mol. The van der Waals surface area contributed by atoms with Crippen LogP contribution in [0.25, 0.3) is 0 Å². The highest BCUT2D eigenvalue weighted by Crippen LogP contribution is 1.80. The van der Waals surface area contributed by atoms with E-state index in [-0.39, 0.29) is 13.2 Å². The molecule has 106 valence electrons. The van der Waals surface area contributed by atoms with Gasteiger partial charge in [0.2, 0.25) is 0 Å². The van der Waals surface area contributed by atoms with E-state index in [1.54, 1.807) is 0 Å². The fraction of sp³-hybridized carbons (Fsp3) is 1.00. The number of rotatable bonds is 10. The molecule has 0 aliphatic heterocycles. The summed E-state index contributed by atoms with van der Waals surface area (Å²) >= 11 is 8.04. The minimum Gasteiger partial charge on any atom is -0.481 e. The summed E-state index contributed by atoms with van der Waals surface area (Å²) in [5.41, 5.74) is 0. The summed E-state index contributed by atoms with van der Waals surface area (Å²) < 4.78 is 22.7. The molecule has 9 heteroatoms. The number of hydrogen-bond donors (Lipinski definition) is 3. The summed E-state index contributed by atoms with van der Waals surface area (Å²) in [5, 5.41) is 16.7. The van der Waals surface area contributed by atoms with Gasteiger partial charge in [0.25, 0.3) is 0 Å². The van der Waals surface area contributed by atoms with Crippen molar-refractivity contribution in [2.45, 2.75) is 0 Å². The summed E-state index contributed by atoms with van der Waals surface area (Å²) in [6.45, 7) is 2.76. The van der Waals surface area contributed by atoms with E-state index in [9.17, 15) is 0 Å². The summed E-state index contributed by atoms with van der Waals surface area (Å²) in [6.07, 6.45) is 0. The van der Waals surface area contributed by atoms with Gasteiger partial charge in [-0.2, -0.15) is 0 Å². The van der Waals surface area contributed by atoms with Crippen molar-refractivity contribution in [1.82, 2.24) is 0 Å². The Hall–Kier alpha value is 0.550. The Bertz CT molecular complexity index is 182. The highest BCUT2D eigenvalue weighted by atomic mass is 33.1. The molecular formula is C8H19O6S3-. The van der Waals surface area contributed by atoms with E-state index < -0.39 is 8.29 Å². The molecule has 0 saturated carbocycles. The zero-order valence-electron chi connectivity index (χ0n) is 9.45. The van der Waals surface area contributed by atoms with Gasteiger partial charge in [0.1, 0.15) is 0 Å². The Morgan fingerprint density at radius 2 is 0.941 bits per heavy atom. The highest BCUT2D eigenvalue weighted by Gasteiger charge is 1.89. The van der Waals surface area contributed by atoms with Crippen LogP contribution in [0.5, 0.6) is 0 Å². The summed E-state index contributed by atoms with van der Waals surface area (Å²) in [6, 6.07) is 0. The maximum Gasteiger partial charge on any atom is 0.0701 e. The van der Waals surface area contributed by atoms with Gasteiger partial charge in [0, 0.05) is 0 Å². The number of aliphatic hydroxyl groups is 2. The molecule has 0 aromatic heterocycles. The van der Waals surface area contributed by atoms with Gasteiger partial charge >= 0.3 is 0 Å². The first-order chi connectivity index (χ1) is 8.15. The number of aliphatic hydroxyl groups excluding tert-OH is 2. The van der Waals surface area contributed by atoms with E-state index in [0.29, 0.717) is 39.6 Å². The summed E-state index contributed by atoms with van der Waals surface area (Å²) in [4.78, 5) is 0. The molecule has 17 heavy (non-hydrogen) atoms. The van der Waals surface area contributed by atoms with Crippen LogP contribution in [0.1, 0.15) is 0 Å². The molecule has 0 rings (SSSR count). The minimum atomic E-state index is -1.19. The first kappa shape index (κ1) is 19.9. The Balaban J connectivity index is 0. The average molecular weight is 307 g/mol. The average Bonchev–Trinajstić information content (AvgIpc) is 2.26. The third-order valence-corrected chi connectivity index (χ3v) is 1.22. The normalized spacial score (nSPS) is 10.1. The molecule has 0 aromatic carbocycles. The minimum absolute atomic E-state index is 0.0413. The molecule has 0 bridgehead atoms. The van der Waals surface area contributed by atoms with Gasteiger partial charge in [0.05, 0.1) is 52.9 Å². The first-order valence-corrected chi connectivity index (χ1v) is 7.91. The SMILES string of the molecule is OCCOCCOCCOCCO.O[S-](=S)=S. The van der Waals surface area contributed by atoms with Gasteiger partial charge in [-0.3, -0.25) is 0 Å². The first-order valence-electron chi connectivity index (χ1n) is 4.88. The van der Waals surface area contributed by atoms with Crippen molar-refractivity contribution in [1.29, 1.82) is 0 Å². The molecule has 0 aromatic rings. The molecule has 0 radical (unpaired) electrons. The maximum absolute atomic E-state index is 8.36. The second-order valence-electron chi connectivity index (χ2n) is 2.50. The third-order valence-electron chi connectivity index (χ3n) is 1.22. The van der Waals surface area contributed by atoms with Crippen LogP contribution in [0.3, 0.4) is 0 Å². The van der Waals surface area contributed by atoms with E-state index in [1.807, 2.05) is 0 Å². The van der Waals surface area contributed by atoms with Crippen LogP contribution in [0.4, 0.5) is 0 Å². The van der Waals surface area contributed by atoms with Crippen molar-refractivity contribution in [3.8, 4) is 0 Å². The van der Waals surface area contributed by atoms with Crippen molar-refractivity contribution in [2.24, 2.45) is 0 Å². The van der Waals surface area contributed by atoms with Crippen LogP contribution in [0, 0.1) is 0 Å². The largest absolute Gasteiger partial charge is 0.481 e. The molecule has 0 unspecified atom stereocenters. The second kappa shape index (κ2) is 18.9. The molecule has 3 N–H and O–H groups in total. The van der Waals surface area contributed by atoms with Crippen LogP contribution in [-0.4, -0.2) is 67.6 Å². The predicted octanol–water partition coefficient (Wildman–Crippen LogP) is -0.978. The molecule has 0 amide bonds. The number of ether oxygens (including phenoxy) is 3. The second-order valence-corrected chi connectivity index (χ2v) is 5.46. The van der Waals surface area contributed by atoms with Gasteiger partial charge in [-0.1, -0.05) is 0 Å². The lowest BCUT2D eigenvalue weighted by Crippen LogP contribution is -2.11. The zero-order valence-corrected chi connectivity index (χ0v) is 11.9. The Kier molecular flexibility index (Phi) is 22.1. The smallest absolute Gasteiger partial charge is 0.0701 e. The molecule has 0 heterocycles. The molecule has 0 aliphatic rings. The Morgan fingerprint density at radius 3 is 1.18 bits per heavy atom. The molecule has 0 atom stereocenters. The van der Waals surface area contributed by atoms with E-state index in [2.05, 4.69) is 22.4 Å². The van der Waals surface area contributed by atoms with Crippen LogP contribution in [-0.2, 0) is 44.9 Å². The van der Waals surface area contributed by atoms with Crippen molar-refractivity contribution in [3.05, 3.63) is 0 Å². The molecule has 0 spiro atoms. The topological polar surface area (TPSA) is 88.4 Å². The van der Waals surface area contributed by atoms with E-state index >= 15 is 0 Å². The molecule has 0 saturated heterocycles. The fourth-order valence-electron chi connectivity index (χ4n) is 0.671. The van der Waals surface area contributed by atoms with E-state index in [4.69, 9.17) is 29.0 Å². The van der Waals surface area contributed by atoms with Crippen LogP contribution >= 0.6 is 0 Å². The standard InChI is InChI=1S/C8H18O5.HOS3/c9-1-3-11-5-7-13-8-6-12-4-2-10;1-4(2)3/h9-10H,1-8H2;(H,1,2,3)/q;-1. The Labute approximate surface area is 113 Å². The predicted molar refractivity (Wildman–Crippen MR) is 71.4 cm³/mol. The molecule has 0 aliphatic carbocycles. The quantitative estimate of drug-likeness (QED) is 0.351. The van der Waals surface area contributed by atoms with Crippen molar-refractivity contribution < 1.29 is 29.0 Å². The van der Waals surface area contributed by atoms with Crippen molar-refractivity contribution >= 4 is 30.7 Å². The van der Waals surface area contributed by atoms with E-state index in [1.165, 1.54) is 0 Å². The lowest BCUT2D eigenvalue weighted by Gasteiger charge is -2.04. The van der Waals surface area contributed by atoms with Gasteiger partial charge in [-0.25, -0.2) is 30.7 Å². The molecule has 0 fully saturated rings. The van der Waals surface area contributed by atoms with Gasteiger partial charge < -0.3 is 29.0 Å². The lowest BCUT2D eigenvalue weighted by atomic mass is 10.7. The van der Waals surface area contributed by atoms with Crippen LogP contribution in [0.15, 0.2) is 0 Å². The van der Waals surface area contributed by atoms with Crippen LogP contribution < -0.4 is 0 Å². The zero-order chi connectivity index (χ0) is 13.4. The highest BCUT2D eigenvalue weighted by molar-refractivity contribution is 8.43. The van der Waals surface area contributed by atoms with Gasteiger partial charge in [0.15, 0.2) is 0 Å². The van der Waals surface area contributed by atoms with Crippen molar-refractivity contribution in [2.75, 3.05) is 52.9 Å². The lowest BCUT2D eigenvalue weighted by molar-refractivity contribution is 0.00230. The molecule has 6 nitrogen and oxygen atoms in total. The van der Waals surface area contributed by atoms with Crippen molar-refractivity contribution in [3.63, 3.8) is 0 Å². The van der Waals surface area contributed by atoms with E-state index in [0.717, 1.165) is 0 Å². The summed E-state index contributed by atoms with van der Waals surface area (Å²) in [7, 11) is -1.19. The Morgan fingerprint density at radius 1 is 0.706 bits per heavy atom. The number of hydrogen-bond acceptors (Lipinski definition) is 8. The van der Waals surface area contributed by atoms with Gasteiger partial charge in [-0.15, -0.1) is 0 Å². The summed E-state index contributed by atoms with van der Waals surface area (Å²) in [5.74, 6) is 0. The third kappa shape index (κ3) is 31.5. The monoisotopic (exact) mass is 307 g/mol. The van der Waals surface area contributed by atoms with Crippen LogP contribution in [0.2, 0.25) is 0 Å². The fourth-order valence-corrected chi connectivity index (χ4v) is 0.671. The van der Waals surface area contributed by atoms with Gasteiger partial charge in [-0.05, 0) is 0 Å².